The number of rotatable bonds is 8. The highest BCUT2D eigenvalue weighted by Gasteiger charge is 2.22. The average Bonchev–Trinajstić information content (AvgIpc) is 2.80. The van der Waals surface area contributed by atoms with Crippen molar-refractivity contribution < 1.29 is 9.59 Å². The number of amides is 4. The first-order chi connectivity index (χ1) is 14.7. The molecule has 8 nitrogen and oxygen atoms in total. The molecule has 30 heavy (non-hydrogen) atoms. The van der Waals surface area contributed by atoms with Crippen molar-refractivity contribution in [1.82, 2.24) is 31.2 Å². The van der Waals surface area contributed by atoms with Gasteiger partial charge in [-0.2, -0.15) is 0 Å². The maximum atomic E-state index is 12.0. The fourth-order valence-electron chi connectivity index (χ4n) is 3.72. The number of hydrogen-bond acceptors (Lipinski definition) is 4. The fraction of sp³-hybridized carbons (Fsp3) is 0.455. The second-order valence-electron chi connectivity index (χ2n) is 7.67. The summed E-state index contributed by atoms with van der Waals surface area (Å²) in [7, 11) is 0. The van der Waals surface area contributed by atoms with Gasteiger partial charge in [0, 0.05) is 25.5 Å². The molecule has 0 aromatic carbocycles. The lowest BCUT2D eigenvalue weighted by molar-refractivity contribution is 0.221. The van der Waals surface area contributed by atoms with Crippen LogP contribution in [0.1, 0.15) is 37.1 Å². The van der Waals surface area contributed by atoms with Crippen LogP contribution in [0.25, 0.3) is 0 Å². The lowest BCUT2D eigenvalue weighted by Crippen LogP contribution is -2.41. The van der Waals surface area contributed by atoms with Crippen LogP contribution < -0.4 is 21.3 Å². The summed E-state index contributed by atoms with van der Waals surface area (Å²) in [5.74, 6) is 0.866. The third kappa shape index (κ3) is 7.69. The van der Waals surface area contributed by atoms with Crippen LogP contribution >= 0.6 is 0 Å². The van der Waals surface area contributed by atoms with Crippen LogP contribution in [0.4, 0.5) is 9.59 Å². The molecule has 1 fully saturated rings. The molecule has 1 aliphatic rings. The van der Waals surface area contributed by atoms with Crippen molar-refractivity contribution in [3.63, 3.8) is 0 Å². The number of nitrogens with one attached hydrogen (secondary N) is 4. The summed E-state index contributed by atoms with van der Waals surface area (Å²) >= 11 is 0. The summed E-state index contributed by atoms with van der Waals surface area (Å²) in [6.45, 7) is 2.13. The average molecular weight is 411 g/mol. The lowest BCUT2D eigenvalue weighted by atomic mass is 9.81. The first-order valence-electron chi connectivity index (χ1n) is 10.5. The summed E-state index contributed by atoms with van der Waals surface area (Å²) in [4.78, 5) is 32.4. The molecule has 2 unspecified atom stereocenters. The van der Waals surface area contributed by atoms with Gasteiger partial charge in [0.2, 0.25) is 0 Å². The smallest absolute Gasteiger partial charge is 0.315 e. The van der Waals surface area contributed by atoms with Crippen molar-refractivity contribution in [2.75, 3.05) is 13.1 Å². The quantitative estimate of drug-likeness (QED) is 0.536. The molecule has 2 heterocycles. The SMILES string of the molecule is O=C(NCc1ccccn1)NCC1CCCC(CNC(=O)NCc2ccccn2)C1. The Kier molecular flexibility index (Phi) is 8.44. The fourth-order valence-corrected chi connectivity index (χ4v) is 3.72. The zero-order valence-corrected chi connectivity index (χ0v) is 17.1. The Balaban J connectivity index is 1.29. The Morgan fingerprint density at radius 2 is 1.27 bits per heavy atom. The highest BCUT2D eigenvalue weighted by atomic mass is 16.2. The largest absolute Gasteiger partial charge is 0.338 e. The molecule has 0 aliphatic heterocycles. The van der Waals surface area contributed by atoms with Crippen molar-refractivity contribution in [2.45, 2.75) is 38.8 Å². The van der Waals surface area contributed by atoms with Crippen LogP contribution in [-0.4, -0.2) is 35.1 Å². The van der Waals surface area contributed by atoms with E-state index in [2.05, 4.69) is 31.2 Å². The molecule has 0 spiro atoms. The molecule has 2 aromatic heterocycles. The number of carbonyl (C=O) groups is 2. The Morgan fingerprint density at radius 3 is 1.70 bits per heavy atom. The monoisotopic (exact) mass is 410 g/mol. The number of nitrogens with zero attached hydrogens (tertiary/aromatic N) is 2. The van der Waals surface area contributed by atoms with Gasteiger partial charge in [-0.05, 0) is 55.4 Å². The van der Waals surface area contributed by atoms with Crippen molar-refractivity contribution in [3.05, 3.63) is 60.2 Å². The maximum Gasteiger partial charge on any atom is 0.315 e. The Hall–Kier alpha value is -3.16. The third-order valence-corrected chi connectivity index (χ3v) is 5.31. The van der Waals surface area contributed by atoms with Gasteiger partial charge >= 0.3 is 12.1 Å². The number of hydrogen-bond donors (Lipinski definition) is 4. The predicted octanol–water partition coefficient (Wildman–Crippen LogP) is 2.58. The van der Waals surface area contributed by atoms with E-state index in [1.54, 1.807) is 12.4 Å². The van der Waals surface area contributed by atoms with E-state index in [1.807, 2.05) is 36.4 Å². The van der Waals surface area contributed by atoms with Gasteiger partial charge in [0.15, 0.2) is 0 Å². The van der Waals surface area contributed by atoms with Gasteiger partial charge in [0.25, 0.3) is 0 Å². The van der Waals surface area contributed by atoms with E-state index in [9.17, 15) is 9.59 Å². The van der Waals surface area contributed by atoms with Crippen LogP contribution in [0.5, 0.6) is 0 Å². The summed E-state index contributed by atoms with van der Waals surface area (Å²) < 4.78 is 0. The van der Waals surface area contributed by atoms with E-state index in [1.165, 1.54) is 0 Å². The van der Waals surface area contributed by atoms with Crippen molar-refractivity contribution >= 4 is 12.1 Å². The van der Waals surface area contributed by atoms with Gasteiger partial charge < -0.3 is 21.3 Å². The molecule has 2 aromatic rings. The summed E-state index contributed by atoms with van der Waals surface area (Å²) in [6.07, 6.45) is 7.74. The molecule has 0 saturated heterocycles. The minimum Gasteiger partial charge on any atom is -0.338 e. The highest BCUT2D eigenvalue weighted by Crippen LogP contribution is 2.28. The summed E-state index contributed by atoms with van der Waals surface area (Å²) in [6, 6.07) is 10.9. The lowest BCUT2D eigenvalue weighted by Gasteiger charge is -2.29. The van der Waals surface area contributed by atoms with Gasteiger partial charge in [-0.15, -0.1) is 0 Å². The van der Waals surface area contributed by atoms with E-state index in [0.29, 0.717) is 38.0 Å². The Labute approximate surface area is 177 Å². The number of carbonyl (C=O) groups excluding carboxylic acids is 2. The van der Waals surface area contributed by atoms with E-state index in [-0.39, 0.29) is 12.1 Å². The minimum absolute atomic E-state index is 0.171. The molecule has 1 aliphatic carbocycles. The van der Waals surface area contributed by atoms with Gasteiger partial charge in [-0.25, -0.2) is 9.59 Å². The summed E-state index contributed by atoms with van der Waals surface area (Å²) in [5.41, 5.74) is 1.66. The van der Waals surface area contributed by atoms with Crippen LogP contribution in [0.2, 0.25) is 0 Å². The molecule has 2 atom stereocenters. The van der Waals surface area contributed by atoms with Gasteiger partial charge in [-0.3, -0.25) is 9.97 Å². The van der Waals surface area contributed by atoms with Gasteiger partial charge in [-0.1, -0.05) is 18.6 Å². The molecular formula is C22H30N6O2. The van der Waals surface area contributed by atoms with Crippen LogP contribution in [0.15, 0.2) is 48.8 Å². The zero-order chi connectivity index (χ0) is 21.0. The molecule has 3 rings (SSSR count). The van der Waals surface area contributed by atoms with Crippen molar-refractivity contribution in [3.8, 4) is 0 Å². The standard InChI is InChI=1S/C22H30N6O2/c29-21(27-15-19-8-1-3-10-23-19)25-13-17-6-5-7-18(12-17)14-26-22(30)28-16-20-9-2-4-11-24-20/h1-4,8-11,17-18H,5-7,12-16H2,(H2,25,27,29)(H2,26,28,30). The predicted molar refractivity (Wildman–Crippen MR) is 114 cm³/mol. The normalized spacial score (nSPS) is 18.3. The Morgan fingerprint density at radius 1 is 0.767 bits per heavy atom. The molecule has 0 radical (unpaired) electrons. The molecule has 1 saturated carbocycles. The Bertz CT molecular complexity index is 721. The zero-order valence-electron chi connectivity index (χ0n) is 17.1. The molecule has 160 valence electrons. The topological polar surface area (TPSA) is 108 Å². The molecule has 0 bridgehead atoms. The second-order valence-corrected chi connectivity index (χ2v) is 7.67. The molecule has 4 amide bonds. The molecular weight excluding hydrogens is 380 g/mol. The molecule has 8 heteroatoms. The third-order valence-electron chi connectivity index (χ3n) is 5.31. The van der Waals surface area contributed by atoms with Crippen LogP contribution in [0, 0.1) is 11.8 Å². The first-order valence-corrected chi connectivity index (χ1v) is 10.5. The van der Waals surface area contributed by atoms with E-state index in [4.69, 9.17) is 0 Å². The van der Waals surface area contributed by atoms with Crippen LogP contribution in [-0.2, 0) is 13.1 Å². The first kappa shape index (κ1) is 21.5. The number of pyridine rings is 2. The maximum absolute atomic E-state index is 12.0. The highest BCUT2D eigenvalue weighted by molar-refractivity contribution is 5.74. The van der Waals surface area contributed by atoms with Crippen LogP contribution in [0.3, 0.4) is 0 Å². The number of aromatic nitrogens is 2. The van der Waals surface area contributed by atoms with Crippen molar-refractivity contribution in [2.24, 2.45) is 11.8 Å². The second kappa shape index (κ2) is 11.7. The summed E-state index contributed by atoms with van der Waals surface area (Å²) in [5, 5.41) is 11.6. The minimum atomic E-state index is -0.171. The van der Waals surface area contributed by atoms with E-state index >= 15 is 0 Å². The molecule has 4 N–H and O–H groups in total. The number of urea groups is 2. The van der Waals surface area contributed by atoms with E-state index < -0.39 is 0 Å². The van der Waals surface area contributed by atoms with Gasteiger partial charge in [0.1, 0.15) is 0 Å². The van der Waals surface area contributed by atoms with Gasteiger partial charge in [0.05, 0.1) is 24.5 Å². The van der Waals surface area contributed by atoms with E-state index in [0.717, 1.165) is 37.1 Å². The van der Waals surface area contributed by atoms with Crippen molar-refractivity contribution in [1.29, 1.82) is 0 Å².